The third kappa shape index (κ3) is 3.18. The zero-order chi connectivity index (χ0) is 13.1. The molecule has 0 bridgehead atoms. The van der Waals surface area contributed by atoms with E-state index in [1.54, 1.807) is 0 Å². The van der Waals surface area contributed by atoms with Gasteiger partial charge in [0.15, 0.2) is 0 Å². The third-order valence-electron chi connectivity index (χ3n) is 3.88. The number of nitrogens with zero attached hydrogens (tertiary/aromatic N) is 1. The Morgan fingerprint density at radius 2 is 2.00 bits per heavy atom. The highest BCUT2D eigenvalue weighted by molar-refractivity contribution is 14.1. The lowest BCUT2D eigenvalue weighted by atomic mass is 9.98. The average Bonchev–Trinajstić information content (AvgIpc) is 2.39. The molecule has 2 rings (SSSR count). The first-order chi connectivity index (χ1) is 8.61. The molecule has 1 saturated heterocycles. The van der Waals surface area contributed by atoms with Gasteiger partial charge in [0, 0.05) is 34.4 Å². The standard InChI is InChI=1S/C15H23IN2/c1-4-13-9-17-15(11(2)3)10-18(13)14-7-5-12(16)6-8-14/h5-8,11,13,15,17H,4,9-10H2,1-3H3. The van der Waals surface area contributed by atoms with E-state index in [2.05, 4.69) is 77.8 Å². The minimum Gasteiger partial charge on any atom is -0.366 e. The summed E-state index contributed by atoms with van der Waals surface area (Å²) in [5.74, 6) is 0.689. The predicted molar refractivity (Wildman–Crippen MR) is 87.2 cm³/mol. The summed E-state index contributed by atoms with van der Waals surface area (Å²) >= 11 is 2.37. The van der Waals surface area contributed by atoms with Crippen LogP contribution in [0.1, 0.15) is 27.2 Å². The summed E-state index contributed by atoms with van der Waals surface area (Å²) in [5.41, 5.74) is 1.37. The van der Waals surface area contributed by atoms with Crippen molar-refractivity contribution in [3.63, 3.8) is 0 Å². The van der Waals surface area contributed by atoms with Crippen molar-refractivity contribution in [1.82, 2.24) is 5.32 Å². The van der Waals surface area contributed by atoms with Gasteiger partial charge in [-0.3, -0.25) is 0 Å². The second kappa shape index (κ2) is 6.24. The zero-order valence-electron chi connectivity index (χ0n) is 11.5. The first-order valence-electron chi connectivity index (χ1n) is 6.87. The molecule has 2 unspecified atom stereocenters. The smallest absolute Gasteiger partial charge is 0.0412 e. The highest BCUT2D eigenvalue weighted by Crippen LogP contribution is 2.24. The summed E-state index contributed by atoms with van der Waals surface area (Å²) in [5, 5.41) is 3.69. The van der Waals surface area contributed by atoms with Gasteiger partial charge in [0.1, 0.15) is 0 Å². The molecule has 100 valence electrons. The fraction of sp³-hybridized carbons (Fsp3) is 0.600. The molecule has 1 aliphatic heterocycles. The Bertz CT molecular complexity index is 375. The quantitative estimate of drug-likeness (QED) is 0.832. The highest BCUT2D eigenvalue weighted by Gasteiger charge is 2.28. The molecule has 1 fully saturated rings. The van der Waals surface area contributed by atoms with Crippen LogP contribution in [-0.2, 0) is 0 Å². The number of anilines is 1. The van der Waals surface area contributed by atoms with E-state index >= 15 is 0 Å². The van der Waals surface area contributed by atoms with E-state index in [4.69, 9.17) is 0 Å². The number of hydrogen-bond acceptors (Lipinski definition) is 2. The fourth-order valence-corrected chi connectivity index (χ4v) is 2.94. The molecule has 3 heteroatoms. The normalized spacial score (nSPS) is 24.6. The van der Waals surface area contributed by atoms with Gasteiger partial charge in [-0.1, -0.05) is 20.8 Å². The van der Waals surface area contributed by atoms with Crippen LogP contribution in [0.15, 0.2) is 24.3 Å². The maximum atomic E-state index is 3.69. The minimum atomic E-state index is 0.604. The molecule has 0 amide bonds. The number of hydrogen-bond donors (Lipinski definition) is 1. The summed E-state index contributed by atoms with van der Waals surface area (Å²) in [7, 11) is 0. The van der Waals surface area contributed by atoms with Gasteiger partial charge in [0.25, 0.3) is 0 Å². The second-order valence-corrected chi connectivity index (χ2v) is 6.70. The maximum Gasteiger partial charge on any atom is 0.0412 e. The lowest BCUT2D eigenvalue weighted by Gasteiger charge is -2.43. The van der Waals surface area contributed by atoms with Crippen molar-refractivity contribution in [3.8, 4) is 0 Å². The molecule has 1 aliphatic rings. The number of benzene rings is 1. The maximum absolute atomic E-state index is 3.69. The van der Waals surface area contributed by atoms with Crippen molar-refractivity contribution < 1.29 is 0 Å². The molecule has 1 aromatic carbocycles. The number of nitrogens with one attached hydrogen (secondary N) is 1. The van der Waals surface area contributed by atoms with Crippen LogP contribution in [0.25, 0.3) is 0 Å². The highest BCUT2D eigenvalue weighted by atomic mass is 127. The predicted octanol–water partition coefficient (Wildman–Crippen LogP) is 3.50. The lowest BCUT2D eigenvalue weighted by molar-refractivity contribution is 0.325. The van der Waals surface area contributed by atoms with Gasteiger partial charge in [-0.15, -0.1) is 0 Å². The Morgan fingerprint density at radius 3 is 2.56 bits per heavy atom. The van der Waals surface area contributed by atoms with Crippen LogP contribution < -0.4 is 10.2 Å². The molecule has 0 aliphatic carbocycles. The van der Waals surface area contributed by atoms with Crippen LogP contribution >= 0.6 is 22.6 Å². The Balaban J connectivity index is 2.18. The first-order valence-corrected chi connectivity index (χ1v) is 7.95. The molecule has 1 N–H and O–H groups in total. The molecular weight excluding hydrogens is 335 g/mol. The molecule has 2 nitrogen and oxygen atoms in total. The number of rotatable bonds is 3. The average molecular weight is 358 g/mol. The summed E-state index contributed by atoms with van der Waals surface area (Å²) in [6.07, 6.45) is 1.20. The Morgan fingerprint density at radius 1 is 1.33 bits per heavy atom. The molecule has 1 heterocycles. The molecular formula is C15H23IN2. The van der Waals surface area contributed by atoms with Crippen molar-refractivity contribution in [1.29, 1.82) is 0 Å². The van der Waals surface area contributed by atoms with Gasteiger partial charge < -0.3 is 10.2 Å². The van der Waals surface area contributed by atoms with Gasteiger partial charge in [0.2, 0.25) is 0 Å². The van der Waals surface area contributed by atoms with Crippen molar-refractivity contribution >= 4 is 28.3 Å². The minimum absolute atomic E-state index is 0.604. The first kappa shape index (κ1) is 14.1. The van der Waals surface area contributed by atoms with Gasteiger partial charge in [-0.25, -0.2) is 0 Å². The van der Waals surface area contributed by atoms with E-state index in [1.807, 2.05) is 0 Å². The summed E-state index contributed by atoms with van der Waals surface area (Å²) in [6, 6.07) is 10.1. The summed E-state index contributed by atoms with van der Waals surface area (Å²) in [6.45, 7) is 9.11. The molecule has 0 aromatic heterocycles. The molecule has 2 atom stereocenters. The Hall–Kier alpha value is -0.290. The van der Waals surface area contributed by atoms with E-state index in [0.717, 1.165) is 13.1 Å². The molecule has 1 aromatic rings. The number of piperazine rings is 1. The van der Waals surface area contributed by atoms with E-state index in [9.17, 15) is 0 Å². The zero-order valence-corrected chi connectivity index (χ0v) is 13.6. The van der Waals surface area contributed by atoms with E-state index in [-0.39, 0.29) is 0 Å². The van der Waals surface area contributed by atoms with Crippen molar-refractivity contribution in [2.24, 2.45) is 5.92 Å². The topological polar surface area (TPSA) is 15.3 Å². The largest absolute Gasteiger partial charge is 0.366 e. The SMILES string of the molecule is CCC1CNC(C(C)C)CN1c1ccc(I)cc1. The third-order valence-corrected chi connectivity index (χ3v) is 4.60. The van der Waals surface area contributed by atoms with Gasteiger partial charge >= 0.3 is 0 Å². The summed E-state index contributed by atoms with van der Waals surface area (Å²) in [4.78, 5) is 2.58. The fourth-order valence-electron chi connectivity index (χ4n) is 2.58. The molecule has 0 spiro atoms. The van der Waals surface area contributed by atoms with Crippen LogP contribution in [0.2, 0.25) is 0 Å². The van der Waals surface area contributed by atoms with Gasteiger partial charge in [-0.2, -0.15) is 0 Å². The molecule has 18 heavy (non-hydrogen) atoms. The van der Waals surface area contributed by atoms with Crippen LogP contribution in [0.4, 0.5) is 5.69 Å². The van der Waals surface area contributed by atoms with Gasteiger partial charge in [-0.05, 0) is 59.2 Å². The van der Waals surface area contributed by atoms with Crippen molar-refractivity contribution in [2.45, 2.75) is 39.3 Å². The van der Waals surface area contributed by atoms with Crippen LogP contribution in [0.3, 0.4) is 0 Å². The van der Waals surface area contributed by atoms with Crippen molar-refractivity contribution in [3.05, 3.63) is 27.8 Å². The van der Waals surface area contributed by atoms with Crippen molar-refractivity contribution in [2.75, 3.05) is 18.0 Å². The van der Waals surface area contributed by atoms with E-state index < -0.39 is 0 Å². The second-order valence-electron chi connectivity index (χ2n) is 5.45. The van der Waals surface area contributed by atoms with E-state index in [1.165, 1.54) is 15.7 Å². The Labute approximate surface area is 124 Å². The molecule has 0 radical (unpaired) electrons. The van der Waals surface area contributed by atoms with E-state index in [0.29, 0.717) is 18.0 Å². The molecule has 0 saturated carbocycles. The van der Waals surface area contributed by atoms with Crippen LogP contribution in [-0.4, -0.2) is 25.2 Å². The summed E-state index contributed by atoms with van der Waals surface area (Å²) < 4.78 is 1.31. The monoisotopic (exact) mass is 358 g/mol. The lowest BCUT2D eigenvalue weighted by Crippen LogP contribution is -2.58. The van der Waals surface area contributed by atoms with Gasteiger partial charge in [0.05, 0.1) is 0 Å². The van der Waals surface area contributed by atoms with Crippen LogP contribution in [0, 0.1) is 9.49 Å². The van der Waals surface area contributed by atoms with Crippen LogP contribution in [0.5, 0.6) is 0 Å². The number of halogens is 1. The Kier molecular flexibility index (Phi) is 4.90.